The predicted octanol–water partition coefficient (Wildman–Crippen LogP) is 1.95. The summed E-state index contributed by atoms with van der Waals surface area (Å²) >= 11 is 0. The zero-order chi connectivity index (χ0) is 16.2. The van der Waals surface area contributed by atoms with Gasteiger partial charge in [-0.05, 0) is 31.4 Å². The molecule has 3 heterocycles. The normalized spacial score (nSPS) is 15.9. The smallest absolute Gasteiger partial charge is 0.151 e. The second-order valence-electron chi connectivity index (χ2n) is 6.07. The van der Waals surface area contributed by atoms with Crippen molar-refractivity contribution in [3.63, 3.8) is 0 Å². The lowest BCUT2D eigenvalue weighted by molar-refractivity contribution is 0.145. The number of aromatic nitrogens is 3. The molecule has 0 aliphatic carbocycles. The van der Waals surface area contributed by atoms with Crippen LogP contribution in [0.25, 0.3) is 0 Å². The van der Waals surface area contributed by atoms with Gasteiger partial charge in [-0.25, -0.2) is 4.98 Å². The largest absolute Gasteiger partial charge is 0.393 e. The van der Waals surface area contributed by atoms with E-state index in [0.717, 1.165) is 56.1 Å². The van der Waals surface area contributed by atoms with E-state index in [0.29, 0.717) is 0 Å². The number of hydrogen-bond donors (Lipinski definition) is 2. The Bertz CT molecular complexity index is 646. The van der Waals surface area contributed by atoms with Crippen molar-refractivity contribution in [3.05, 3.63) is 35.8 Å². The van der Waals surface area contributed by atoms with Crippen molar-refractivity contribution in [1.29, 1.82) is 0 Å². The molecule has 0 spiro atoms. The number of piperidine rings is 1. The molecule has 1 fully saturated rings. The number of hydrogen-bond acceptors (Lipinski definition) is 5. The molecule has 6 heteroatoms. The number of anilines is 2. The van der Waals surface area contributed by atoms with Crippen molar-refractivity contribution < 1.29 is 5.11 Å². The molecule has 0 unspecified atom stereocenters. The number of pyridine rings is 1. The van der Waals surface area contributed by atoms with Gasteiger partial charge in [-0.3, -0.25) is 4.68 Å². The van der Waals surface area contributed by atoms with E-state index < -0.39 is 0 Å². The first kappa shape index (κ1) is 15.8. The third-order valence-electron chi connectivity index (χ3n) is 4.35. The van der Waals surface area contributed by atoms with E-state index in [9.17, 15) is 5.11 Å². The number of aryl methyl sites for hydroxylation is 2. The number of nitrogens with one attached hydrogen (secondary N) is 1. The predicted molar refractivity (Wildman–Crippen MR) is 91.6 cm³/mol. The molecule has 2 aromatic heterocycles. The molecular formula is C17H25N5O. The van der Waals surface area contributed by atoms with Gasteiger partial charge in [0.2, 0.25) is 0 Å². The van der Waals surface area contributed by atoms with Crippen molar-refractivity contribution >= 4 is 11.5 Å². The summed E-state index contributed by atoms with van der Waals surface area (Å²) in [7, 11) is 1.96. The molecule has 0 atom stereocenters. The van der Waals surface area contributed by atoms with Crippen LogP contribution in [-0.2, 0) is 20.0 Å². The first-order valence-electron chi connectivity index (χ1n) is 8.30. The average molecular weight is 315 g/mol. The fraction of sp³-hybridized carbons (Fsp3) is 0.529. The summed E-state index contributed by atoms with van der Waals surface area (Å²) in [6.45, 7) is 4.56. The van der Waals surface area contributed by atoms with Crippen LogP contribution >= 0.6 is 0 Å². The Morgan fingerprint density at radius 3 is 2.87 bits per heavy atom. The van der Waals surface area contributed by atoms with Gasteiger partial charge >= 0.3 is 0 Å². The van der Waals surface area contributed by atoms with Gasteiger partial charge in [0, 0.05) is 44.6 Å². The van der Waals surface area contributed by atoms with E-state index in [4.69, 9.17) is 0 Å². The summed E-state index contributed by atoms with van der Waals surface area (Å²) in [4.78, 5) is 6.80. The average Bonchev–Trinajstić information content (AvgIpc) is 2.94. The van der Waals surface area contributed by atoms with E-state index in [1.54, 1.807) is 0 Å². The van der Waals surface area contributed by atoms with Crippen LogP contribution in [0.2, 0.25) is 0 Å². The van der Waals surface area contributed by atoms with Crippen LogP contribution in [0.3, 0.4) is 0 Å². The highest BCUT2D eigenvalue weighted by atomic mass is 16.3. The zero-order valence-corrected chi connectivity index (χ0v) is 13.9. The summed E-state index contributed by atoms with van der Waals surface area (Å²) in [5, 5.41) is 17.7. The van der Waals surface area contributed by atoms with Gasteiger partial charge in [-0.15, -0.1) is 0 Å². The van der Waals surface area contributed by atoms with E-state index in [1.807, 2.05) is 24.0 Å². The standard InChI is InChI=1S/C17H25N5O/c1-3-15-13(12-21(2)20-15)11-19-16-5-4-8-18-17(16)22-9-6-14(23)7-10-22/h4-5,8,12,14,19,23H,3,6-7,9-11H2,1-2H3. The molecule has 23 heavy (non-hydrogen) atoms. The molecular weight excluding hydrogens is 290 g/mol. The molecule has 2 N–H and O–H groups in total. The Morgan fingerprint density at radius 1 is 1.35 bits per heavy atom. The Labute approximate surface area is 137 Å². The molecule has 1 aliphatic rings. The minimum absolute atomic E-state index is 0.172. The Hall–Kier alpha value is -2.08. The van der Waals surface area contributed by atoms with Crippen LogP contribution in [0, 0.1) is 0 Å². The molecule has 124 valence electrons. The number of aliphatic hydroxyl groups is 1. The van der Waals surface area contributed by atoms with Crippen molar-refractivity contribution in [2.75, 3.05) is 23.3 Å². The fourth-order valence-electron chi connectivity index (χ4n) is 3.08. The molecule has 1 aliphatic heterocycles. The minimum atomic E-state index is -0.172. The second kappa shape index (κ2) is 7.00. The fourth-order valence-corrected chi connectivity index (χ4v) is 3.08. The summed E-state index contributed by atoms with van der Waals surface area (Å²) in [5.74, 6) is 0.973. The monoisotopic (exact) mass is 315 g/mol. The Balaban J connectivity index is 1.73. The van der Waals surface area contributed by atoms with Gasteiger partial charge in [-0.2, -0.15) is 5.10 Å². The zero-order valence-electron chi connectivity index (χ0n) is 13.9. The van der Waals surface area contributed by atoms with Crippen LogP contribution in [0.1, 0.15) is 31.0 Å². The van der Waals surface area contributed by atoms with E-state index in [1.165, 1.54) is 5.56 Å². The van der Waals surface area contributed by atoms with Gasteiger partial charge in [0.05, 0.1) is 17.5 Å². The van der Waals surface area contributed by atoms with Gasteiger partial charge < -0.3 is 15.3 Å². The van der Waals surface area contributed by atoms with Crippen molar-refractivity contribution in [3.8, 4) is 0 Å². The highest BCUT2D eigenvalue weighted by molar-refractivity contribution is 5.65. The lowest BCUT2D eigenvalue weighted by Crippen LogP contribution is -2.36. The molecule has 0 amide bonds. The summed E-state index contributed by atoms with van der Waals surface area (Å²) in [5.41, 5.74) is 3.39. The Morgan fingerprint density at radius 2 is 2.13 bits per heavy atom. The molecule has 0 saturated carbocycles. The van der Waals surface area contributed by atoms with E-state index >= 15 is 0 Å². The van der Waals surface area contributed by atoms with Crippen LogP contribution < -0.4 is 10.2 Å². The summed E-state index contributed by atoms with van der Waals surface area (Å²) in [6.07, 6.45) is 6.26. The maximum absolute atomic E-state index is 9.68. The van der Waals surface area contributed by atoms with Crippen molar-refractivity contribution in [1.82, 2.24) is 14.8 Å². The van der Waals surface area contributed by atoms with Gasteiger partial charge in [-0.1, -0.05) is 6.92 Å². The topological polar surface area (TPSA) is 66.2 Å². The van der Waals surface area contributed by atoms with E-state index in [-0.39, 0.29) is 6.10 Å². The molecule has 0 bridgehead atoms. The van der Waals surface area contributed by atoms with E-state index in [2.05, 4.69) is 39.5 Å². The highest BCUT2D eigenvalue weighted by Gasteiger charge is 2.20. The number of rotatable bonds is 5. The summed E-state index contributed by atoms with van der Waals surface area (Å²) < 4.78 is 1.87. The van der Waals surface area contributed by atoms with Crippen LogP contribution in [0.4, 0.5) is 11.5 Å². The minimum Gasteiger partial charge on any atom is -0.393 e. The van der Waals surface area contributed by atoms with Crippen LogP contribution in [0.15, 0.2) is 24.5 Å². The third-order valence-corrected chi connectivity index (χ3v) is 4.35. The highest BCUT2D eigenvalue weighted by Crippen LogP contribution is 2.26. The maximum Gasteiger partial charge on any atom is 0.151 e. The number of nitrogens with zero attached hydrogens (tertiary/aromatic N) is 4. The van der Waals surface area contributed by atoms with Crippen LogP contribution in [0.5, 0.6) is 0 Å². The summed E-state index contributed by atoms with van der Waals surface area (Å²) in [6, 6.07) is 4.02. The first-order chi connectivity index (χ1) is 11.2. The molecule has 6 nitrogen and oxygen atoms in total. The molecule has 3 rings (SSSR count). The molecule has 0 aromatic carbocycles. The Kier molecular flexibility index (Phi) is 4.81. The second-order valence-corrected chi connectivity index (χ2v) is 6.07. The van der Waals surface area contributed by atoms with Crippen LogP contribution in [-0.4, -0.2) is 39.1 Å². The lowest BCUT2D eigenvalue weighted by atomic mass is 10.1. The maximum atomic E-state index is 9.68. The van der Waals surface area contributed by atoms with Gasteiger partial charge in [0.15, 0.2) is 5.82 Å². The first-order valence-corrected chi connectivity index (χ1v) is 8.30. The lowest BCUT2D eigenvalue weighted by Gasteiger charge is -2.31. The van der Waals surface area contributed by atoms with Crippen molar-refractivity contribution in [2.45, 2.75) is 38.8 Å². The van der Waals surface area contributed by atoms with Gasteiger partial charge in [0.1, 0.15) is 0 Å². The van der Waals surface area contributed by atoms with Gasteiger partial charge in [0.25, 0.3) is 0 Å². The van der Waals surface area contributed by atoms with Crippen molar-refractivity contribution in [2.24, 2.45) is 7.05 Å². The number of aliphatic hydroxyl groups excluding tert-OH is 1. The molecule has 0 radical (unpaired) electrons. The quantitative estimate of drug-likeness (QED) is 0.883. The SMILES string of the molecule is CCc1nn(C)cc1CNc1cccnc1N1CCC(O)CC1. The molecule has 1 saturated heterocycles. The molecule has 2 aromatic rings. The third kappa shape index (κ3) is 3.64.